The number of nitrogens with one attached hydrogen (secondary N) is 2. The van der Waals surface area contributed by atoms with E-state index in [-0.39, 0.29) is 17.8 Å². The van der Waals surface area contributed by atoms with Crippen molar-refractivity contribution in [3.05, 3.63) is 48.2 Å². The molecule has 0 aliphatic heterocycles. The van der Waals surface area contributed by atoms with E-state index in [1.807, 2.05) is 38.1 Å². The first-order chi connectivity index (χ1) is 11.5. The van der Waals surface area contributed by atoms with Gasteiger partial charge in [-0.1, -0.05) is 13.8 Å². The molecule has 6 heteroatoms. The number of nitrogens with zero attached hydrogens (tertiary/aromatic N) is 1. The van der Waals surface area contributed by atoms with Crippen molar-refractivity contribution in [2.45, 2.75) is 20.8 Å². The van der Waals surface area contributed by atoms with Gasteiger partial charge < -0.3 is 15.4 Å². The Morgan fingerprint density at radius 3 is 2.29 bits per heavy atom. The lowest BCUT2D eigenvalue weighted by Crippen LogP contribution is -2.17. The number of pyridine rings is 1. The lowest BCUT2D eigenvalue weighted by Gasteiger charge is -2.10. The second-order valence-electron chi connectivity index (χ2n) is 5.50. The topological polar surface area (TPSA) is 80.3 Å². The molecular weight excluding hydrogens is 306 g/mol. The number of ether oxygens (including phenoxy) is 1. The quantitative estimate of drug-likeness (QED) is 0.792. The first-order valence-corrected chi connectivity index (χ1v) is 7.80. The largest absolute Gasteiger partial charge is 0.462 e. The molecule has 1 amide bonds. The molecular formula is C18H21N3O3. The van der Waals surface area contributed by atoms with Crippen molar-refractivity contribution in [3.63, 3.8) is 0 Å². The molecule has 1 aromatic heterocycles. The highest BCUT2D eigenvalue weighted by atomic mass is 16.5. The Labute approximate surface area is 141 Å². The van der Waals surface area contributed by atoms with Gasteiger partial charge in [-0.25, -0.2) is 9.78 Å². The number of amides is 1. The number of hydrogen-bond acceptors (Lipinski definition) is 5. The van der Waals surface area contributed by atoms with Crippen LogP contribution in [0.2, 0.25) is 0 Å². The van der Waals surface area contributed by atoms with Gasteiger partial charge in [0, 0.05) is 23.5 Å². The number of carbonyl (C=O) groups excluding carboxylic acids is 2. The highest BCUT2D eigenvalue weighted by molar-refractivity contribution is 5.92. The van der Waals surface area contributed by atoms with Crippen LogP contribution in [-0.2, 0) is 9.53 Å². The summed E-state index contributed by atoms with van der Waals surface area (Å²) in [6.07, 6.45) is 1.47. The van der Waals surface area contributed by atoms with Gasteiger partial charge in [0.25, 0.3) is 0 Å². The summed E-state index contributed by atoms with van der Waals surface area (Å²) in [5.41, 5.74) is 1.98. The standard InChI is InChI=1S/C18H21N3O3/c1-4-24-18(23)13-5-10-16(19-11-13)20-14-6-8-15(9-7-14)21-17(22)12(2)3/h5-12H,4H2,1-3H3,(H,19,20)(H,21,22). The minimum absolute atomic E-state index is 0.0214. The van der Waals surface area contributed by atoms with E-state index >= 15 is 0 Å². The number of hydrogen-bond donors (Lipinski definition) is 2. The minimum Gasteiger partial charge on any atom is -0.462 e. The Hall–Kier alpha value is -2.89. The molecule has 2 aromatic rings. The molecule has 0 spiro atoms. The fourth-order valence-corrected chi connectivity index (χ4v) is 1.87. The van der Waals surface area contributed by atoms with Gasteiger partial charge in [0.1, 0.15) is 5.82 Å². The molecule has 0 fully saturated rings. The van der Waals surface area contributed by atoms with Gasteiger partial charge in [-0.15, -0.1) is 0 Å². The van der Waals surface area contributed by atoms with E-state index in [2.05, 4.69) is 15.6 Å². The van der Waals surface area contributed by atoms with Gasteiger partial charge in [-0.2, -0.15) is 0 Å². The van der Waals surface area contributed by atoms with E-state index in [0.717, 1.165) is 11.4 Å². The predicted octanol–water partition coefficient (Wildman–Crippen LogP) is 3.60. The molecule has 0 radical (unpaired) electrons. The van der Waals surface area contributed by atoms with Crippen LogP contribution in [0, 0.1) is 5.92 Å². The van der Waals surface area contributed by atoms with E-state index in [9.17, 15) is 9.59 Å². The summed E-state index contributed by atoms with van der Waals surface area (Å²) >= 11 is 0. The lowest BCUT2D eigenvalue weighted by molar-refractivity contribution is -0.118. The van der Waals surface area contributed by atoms with Crippen molar-refractivity contribution in [3.8, 4) is 0 Å². The number of esters is 1. The van der Waals surface area contributed by atoms with Crippen molar-refractivity contribution >= 4 is 29.1 Å². The van der Waals surface area contributed by atoms with Crippen LogP contribution in [0.3, 0.4) is 0 Å². The fraction of sp³-hybridized carbons (Fsp3) is 0.278. The summed E-state index contributed by atoms with van der Waals surface area (Å²) in [6, 6.07) is 10.7. The van der Waals surface area contributed by atoms with Gasteiger partial charge in [0.2, 0.25) is 5.91 Å². The predicted molar refractivity (Wildman–Crippen MR) is 93.4 cm³/mol. The molecule has 1 aromatic carbocycles. The third-order valence-corrected chi connectivity index (χ3v) is 3.22. The van der Waals surface area contributed by atoms with Crippen LogP contribution in [0.15, 0.2) is 42.6 Å². The summed E-state index contributed by atoms with van der Waals surface area (Å²) in [6.45, 7) is 5.78. The maximum absolute atomic E-state index is 11.6. The van der Waals surface area contributed by atoms with E-state index in [1.165, 1.54) is 6.20 Å². The molecule has 0 aliphatic carbocycles. The van der Waals surface area contributed by atoms with Crippen molar-refractivity contribution < 1.29 is 14.3 Å². The van der Waals surface area contributed by atoms with Crippen molar-refractivity contribution in [1.82, 2.24) is 4.98 Å². The Morgan fingerprint density at radius 2 is 1.75 bits per heavy atom. The first kappa shape index (κ1) is 17.5. The molecule has 6 nitrogen and oxygen atoms in total. The molecule has 0 saturated carbocycles. The maximum atomic E-state index is 11.6. The Balaban J connectivity index is 1.98. The summed E-state index contributed by atoms with van der Waals surface area (Å²) < 4.78 is 4.91. The molecule has 126 valence electrons. The van der Waals surface area contributed by atoms with E-state index in [4.69, 9.17) is 4.74 Å². The van der Waals surface area contributed by atoms with Crippen LogP contribution in [0.5, 0.6) is 0 Å². The zero-order valence-corrected chi connectivity index (χ0v) is 14.0. The van der Waals surface area contributed by atoms with E-state index < -0.39 is 0 Å². The molecule has 24 heavy (non-hydrogen) atoms. The zero-order valence-electron chi connectivity index (χ0n) is 14.0. The SMILES string of the molecule is CCOC(=O)c1ccc(Nc2ccc(NC(=O)C(C)C)cc2)nc1. The number of benzene rings is 1. The zero-order chi connectivity index (χ0) is 17.5. The molecule has 2 rings (SSSR count). The molecule has 0 bridgehead atoms. The summed E-state index contributed by atoms with van der Waals surface area (Å²) in [5, 5.41) is 5.96. The third kappa shape index (κ3) is 4.81. The molecule has 1 heterocycles. The van der Waals surface area contributed by atoms with Crippen molar-refractivity contribution in [1.29, 1.82) is 0 Å². The smallest absolute Gasteiger partial charge is 0.339 e. The number of aromatic nitrogens is 1. The third-order valence-electron chi connectivity index (χ3n) is 3.22. The van der Waals surface area contributed by atoms with Crippen LogP contribution < -0.4 is 10.6 Å². The number of rotatable bonds is 6. The monoisotopic (exact) mass is 327 g/mol. The Kier molecular flexibility index (Phi) is 5.89. The van der Waals surface area contributed by atoms with Crippen LogP contribution in [-0.4, -0.2) is 23.5 Å². The van der Waals surface area contributed by atoms with Gasteiger partial charge in [-0.05, 0) is 43.3 Å². The molecule has 0 unspecified atom stereocenters. The second-order valence-corrected chi connectivity index (χ2v) is 5.50. The second kappa shape index (κ2) is 8.10. The Bertz CT molecular complexity index is 694. The van der Waals surface area contributed by atoms with Gasteiger partial charge in [-0.3, -0.25) is 4.79 Å². The first-order valence-electron chi connectivity index (χ1n) is 7.80. The molecule has 0 atom stereocenters. The molecule has 2 N–H and O–H groups in total. The van der Waals surface area contributed by atoms with Crippen LogP contribution >= 0.6 is 0 Å². The van der Waals surface area contributed by atoms with Crippen molar-refractivity contribution in [2.24, 2.45) is 5.92 Å². The average molecular weight is 327 g/mol. The van der Waals surface area contributed by atoms with Gasteiger partial charge >= 0.3 is 5.97 Å². The number of carbonyl (C=O) groups is 2. The van der Waals surface area contributed by atoms with Crippen LogP contribution in [0.25, 0.3) is 0 Å². The van der Waals surface area contributed by atoms with Crippen LogP contribution in [0.1, 0.15) is 31.1 Å². The summed E-state index contributed by atoms with van der Waals surface area (Å²) in [5.74, 6) is 0.139. The summed E-state index contributed by atoms with van der Waals surface area (Å²) in [4.78, 5) is 27.4. The van der Waals surface area contributed by atoms with Gasteiger partial charge in [0.05, 0.1) is 12.2 Å². The molecule has 0 aliphatic rings. The van der Waals surface area contributed by atoms with Gasteiger partial charge in [0.15, 0.2) is 0 Å². The van der Waals surface area contributed by atoms with E-state index in [1.54, 1.807) is 19.1 Å². The maximum Gasteiger partial charge on any atom is 0.339 e. The van der Waals surface area contributed by atoms with E-state index in [0.29, 0.717) is 18.0 Å². The average Bonchev–Trinajstić information content (AvgIpc) is 2.57. The Morgan fingerprint density at radius 1 is 1.08 bits per heavy atom. The molecule has 0 saturated heterocycles. The highest BCUT2D eigenvalue weighted by Crippen LogP contribution is 2.18. The summed E-state index contributed by atoms with van der Waals surface area (Å²) in [7, 11) is 0. The highest BCUT2D eigenvalue weighted by Gasteiger charge is 2.08. The van der Waals surface area contributed by atoms with Crippen molar-refractivity contribution in [2.75, 3.05) is 17.2 Å². The fourth-order valence-electron chi connectivity index (χ4n) is 1.87. The lowest BCUT2D eigenvalue weighted by atomic mass is 10.2. The normalized spacial score (nSPS) is 10.3. The number of anilines is 3. The minimum atomic E-state index is -0.387. The van der Waals surface area contributed by atoms with Crippen LogP contribution in [0.4, 0.5) is 17.2 Å².